The number of amides is 2. The van der Waals surface area contributed by atoms with Gasteiger partial charge in [-0.05, 0) is 11.4 Å². The third kappa shape index (κ3) is 4.45. The van der Waals surface area contributed by atoms with Crippen LogP contribution in [0.25, 0.3) is 0 Å². The van der Waals surface area contributed by atoms with E-state index in [2.05, 4.69) is 5.32 Å². The average Bonchev–Trinajstić information content (AvgIpc) is 3.18. The van der Waals surface area contributed by atoms with Crippen molar-refractivity contribution in [1.82, 2.24) is 5.32 Å². The molecule has 0 aliphatic heterocycles. The van der Waals surface area contributed by atoms with Crippen molar-refractivity contribution in [3.05, 3.63) is 34.5 Å². The number of thiophene rings is 1. The molecule has 0 radical (unpaired) electrons. The zero-order chi connectivity index (χ0) is 19.1. The smallest absolute Gasteiger partial charge is 0.261 e. The van der Waals surface area contributed by atoms with Crippen LogP contribution in [0.2, 0.25) is 0 Å². The van der Waals surface area contributed by atoms with Gasteiger partial charge in [-0.15, -0.1) is 11.3 Å². The minimum Gasteiger partial charge on any atom is -0.493 e. The first-order valence-electron chi connectivity index (χ1n) is 7.91. The maximum absolute atomic E-state index is 12.1. The van der Waals surface area contributed by atoms with Crippen LogP contribution in [-0.4, -0.2) is 46.2 Å². The predicted octanol–water partition coefficient (Wildman–Crippen LogP) is 2.56. The molecular weight excluding hydrogens is 356 g/mol. The molecule has 0 saturated carbocycles. The number of rotatable bonds is 8. The lowest BCUT2D eigenvalue weighted by molar-refractivity contribution is -0.116. The molecule has 1 heterocycles. The number of anilines is 1. The van der Waals surface area contributed by atoms with Crippen molar-refractivity contribution in [1.29, 1.82) is 0 Å². The average molecular weight is 378 g/mol. The molecule has 140 valence electrons. The lowest BCUT2D eigenvalue weighted by Gasteiger charge is -2.23. The molecule has 0 aliphatic rings. The third-order valence-electron chi connectivity index (χ3n) is 3.71. The van der Waals surface area contributed by atoms with Gasteiger partial charge in [-0.25, -0.2) is 0 Å². The molecule has 0 unspecified atom stereocenters. The lowest BCUT2D eigenvalue weighted by atomic mass is 10.2. The van der Waals surface area contributed by atoms with E-state index in [1.807, 2.05) is 11.4 Å². The van der Waals surface area contributed by atoms with Crippen molar-refractivity contribution < 1.29 is 23.8 Å². The summed E-state index contributed by atoms with van der Waals surface area (Å²) in [5, 5.41) is 4.65. The number of hydrogen-bond donors (Lipinski definition) is 1. The summed E-state index contributed by atoms with van der Waals surface area (Å²) in [6.07, 6.45) is 0. The van der Waals surface area contributed by atoms with E-state index in [9.17, 15) is 9.59 Å². The minimum atomic E-state index is -0.162. The minimum absolute atomic E-state index is 0.159. The molecular formula is C18H22N2O5S. The Morgan fingerprint density at radius 3 is 2.23 bits per heavy atom. The van der Waals surface area contributed by atoms with E-state index in [4.69, 9.17) is 14.2 Å². The van der Waals surface area contributed by atoms with Gasteiger partial charge in [0.15, 0.2) is 11.5 Å². The SMILES string of the molecule is COc1cc(N(CCNC(=O)c2cccs2)C(C)=O)cc(OC)c1OC. The van der Waals surface area contributed by atoms with E-state index in [0.717, 1.165) is 0 Å². The van der Waals surface area contributed by atoms with Crippen LogP contribution in [0.15, 0.2) is 29.6 Å². The highest BCUT2D eigenvalue weighted by atomic mass is 32.1. The summed E-state index contributed by atoms with van der Waals surface area (Å²) in [5.41, 5.74) is 0.595. The van der Waals surface area contributed by atoms with E-state index in [1.54, 1.807) is 23.1 Å². The standard InChI is InChI=1S/C18H22N2O5S/c1-12(21)20(8-7-19-18(22)16-6-5-9-26-16)13-10-14(23-2)17(25-4)15(11-13)24-3/h5-6,9-11H,7-8H2,1-4H3,(H,19,22). The second-order valence-electron chi connectivity index (χ2n) is 5.29. The Morgan fingerprint density at radius 2 is 1.77 bits per heavy atom. The van der Waals surface area contributed by atoms with E-state index >= 15 is 0 Å². The highest BCUT2D eigenvalue weighted by Gasteiger charge is 2.19. The number of methoxy groups -OCH3 is 3. The van der Waals surface area contributed by atoms with Crippen molar-refractivity contribution in [2.45, 2.75) is 6.92 Å². The maximum Gasteiger partial charge on any atom is 0.261 e. The van der Waals surface area contributed by atoms with Crippen LogP contribution >= 0.6 is 11.3 Å². The first kappa shape index (κ1) is 19.6. The van der Waals surface area contributed by atoms with Crippen LogP contribution in [0.5, 0.6) is 17.2 Å². The summed E-state index contributed by atoms with van der Waals surface area (Å²) >= 11 is 1.37. The normalized spacial score (nSPS) is 10.2. The van der Waals surface area contributed by atoms with Crippen LogP contribution in [0.4, 0.5) is 5.69 Å². The zero-order valence-electron chi connectivity index (χ0n) is 15.2. The fraction of sp³-hybridized carbons (Fsp3) is 0.333. The van der Waals surface area contributed by atoms with E-state index in [0.29, 0.717) is 40.9 Å². The van der Waals surface area contributed by atoms with E-state index < -0.39 is 0 Å². The number of hydrogen-bond acceptors (Lipinski definition) is 6. The first-order valence-corrected chi connectivity index (χ1v) is 8.79. The Hall–Kier alpha value is -2.74. The Kier molecular flexibility index (Phi) is 6.85. The Labute approximate surface area is 156 Å². The summed E-state index contributed by atoms with van der Waals surface area (Å²) in [4.78, 5) is 26.3. The van der Waals surface area contributed by atoms with Crippen molar-refractivity contribution >= 4 is 28.8 Å². The Bertz CT molecular complexity index is 736. The maximum atomic E-state index is 12.1. The van der Waals surface area contributed by atoms with Crippen molar-refractivity contribution in [2.75, 3.05) is 39.3 Å². The van der Waals surface area contributed by atoms with Crippen LogP contribution < -0.4 is 24.4 Å². The number of carbonyl (C=O) groups is 2. The number of ether oxygens (including phenoxy) is 3. The number of nitrogens with one attached hydrogen (secondary N) is 1. The van der Waals surface area contributed by atoms with Gasteiger partial charge in [-0.1, -0.05) is 6.07 Å². The Balaban J connectivity index is 2.16. The predicted molar refractivity (Wildman–Crippen MR) is 101 cm³/mol. The molecule has 1 aromatic carbocycles. The van der Waals surface area contributed by atoms with Gasteiger partial charge in [-0.2, -0.15) is 0 Å². The van der Waals surface area contributed by atoms with Crippen LogP contribution in [-0.2, 0) is 4.79 Å². The second-order valence-corrected chi connectivity index (χ2v) is 6.24. The monoisotopic (exact) mass is 378 g/mol. The molecule has 26 heavy (non-hydrogen) atoms. The lowest BCUT2D eigenvalue weighted by Crippen LogP contribution is -2.37. The summed E-state index contributed by atoms with van der Waals surface area (Å²) in [6, 6.07) is 6.97. The van der Waals surface area contributed by atoms with Gasteiger partial charge < -0.3 is 24.4 Å². The molecule has 2 amide bonds. The number of benzene rings is 1. The number of nitrogens with zero attached hydrogens (tertiary/aromatic N) is 1. The fourth-order valence-electron chi connectivity index (χ4n) is 2.47. The molecule has 0 atom stereocenters. The highest BCUT2D eigenvalue weighted by Crippen LogP contribution is 2.41. The van der Waals surface area contributed by atoms with Gasteiger partial charge in [0.25, 0.3) is 5.91 Å². The van der Waals surface area contributed by atoms with E-state index in [-0.39, 0.29) is 11.8 Å². The number of carbonyl (C=O) groups excluding carboxylic acids is 2. The van der Waals surface area contributed by atoms with Crippen LogP contribution in [0.3, 0.4) is 0 Å². The summed E-state index contributed by atoms with van der Waals surface area (Å²) in [7, 11) is 4.55. The topological polar surface area (TPSA) is 77.1 Å². The van der Waals surface area contributed by atoms with Gasteiger partial charge in [0, 0.05) is 32.1 Å². The van der Waals surface area contributed by atoms with Gasteiger partial charge in [0.05, 0.1) is 31.9 Å². The first-order chi connectivity index (χ1) is 12.5. The second kappa shape index (κ2) is 9.10. The molecule has 1 N–H and O–H groups in total. The molecule has 8 heteroatoms. The van der Waals surface area contributed by atoms with Gasteiger partial charge >= 0.3 is 0 Å². The molecule has 1 aromatic heterocycles. The summed E-state index contributed by atoms with van der Waals surface area (Å²) in [5.74, 6) is 1.04. The fourth-order valence-corrected chi connectivity index (χ4v) is 3.11. The van der Waals surface area contributed by atoms with Gasteiger partial charge in [-0.3, -0.25) is 9.59 Å². The molecule has 2 rings (SSSR count). The molecule has 0 aliphatic carbocycles. The van der Waals surface area contributed by atoms with Crippen molar-refractivity contribution in [3.8, 4) is 17.2 Å². The molecule has 2 aromatic rings. The third-order valence-corrected chi connectivity index (χ3v) is 4.58. The highest BCUT2D eigenvalue weighted by molar-refractivity contribution is 7.12. The Morgan fingerprint density at radius 1 is 1.12 bits per heavy atom. The van der Waals surface area contributed by atoms with Crippen LogP contribution in [0.1, 0.15) is 16.6 Å². The molecule has 7 nitrogen and oxygen atoms in total. The largest absolute Gasteiger partial charge is 0.493 e. The molecule has 0 fully saturated rings. The van der Waals surface area contributed by atoms with Gasteiger partial charge in [0.2, 0.25) is 11.7 Å². The molecule has 0 bridgehead atoms. The summed E-state index contributed by atoms with van der Waals surface area (Å²) in [6.45, 7) is 2.09. The molecule has 0 spiro atoms. The van der Waals surface area contributed by atoms with Gasteiger partial charge in [0.1, 0.15) is 0 Å². The van der Waals surface area contributed by atoms with Crippen LogP contribution in [0, 0.1) is 0 Å². The van der Waals surface area contributed by atoms with Crippen molar-refractivity contribution in [2.24, 2.45) is 0 Å². The van der Waals surface area contributed by atoms with Crippen molar-refractivity contribution in [3.63, 3.8) is 0 Å². The quantitative estimate of drug-likeness (QED) is 0.764. The molecule has 0 saturated heterocycles. The van der Waals surface area contributed by atoms with E-state index in [1.165, 1.54) is 39.6 Å². The zero-order valence-corrected chi connectivity index (χ0v) is 16.0. The summed E-state index contributed by atoms with van der Waals surface area (Å²) < 4.78 is 16.0.